The molecule has 0 amide bonds. The van der Waals surface area contributed by atoms with E-state index in [4.69, 9.17) is 18.0 Å². The van der Waals surface area contributed by atoms with Gasteiger partial charge in [-0.15, -0.1) is 0 Å². The quantitative estimate of drug-likeness (QED) is 0.275. The first-order chi connectivity index (χ1) is 10.3. The number of methoxy groups -OCH3 is 1. The first-order valence-electron chi connectivity index (χ1n) is 6.50. The van der Waals surface area contributed by atoms with Crippen molar-refractivity contribution in [2.75, 3.05) is 35.0 Å². The van der Waals surface area contributed by atoms with Crippen LogP contribution in [0.1, 0.15) is 13.3 Å². The fourth-order valence-corrected chi connectivity index (χ4v) is 2.94. The highest BCUT2D eigenvalue weighted by Gasteiger charge is 2.36. The molecule has 0 saturated heterocycles. The van der Waals surface area contributed by atoms with E-state index in [0.717, 1.165) is 6.08 Å². The lowest BCUT2D eigenvalue weighted by Gasteiger charge is -2.23. The van der Waals surface area contributed by atoms with Gasteiger partial charge in [0, 0.05) is 39.0 Å². The van der Waals surface area contributed by atoms with Crippen molar-refractivity contribution < 1.29 is 32.3 Å². The normalized spacial score (nSPS) is 10.0. The lowest BCUT2D eigenvalue weighted by atomic mass is 10.4. The number of ether oxygens (including phenoxy) is 2. The molecule has 8 heteroatoms. The molecule has 0 radical (unpaired) electrons. The van der Waals surface area contributed by atoms with Gasteiger partial charge in [0.15, 0.2) is 0 Å². The second kappa shape index (κ2) is 13.2. The van der Waals surface area contributed by atoms with E-state index in [2.05, 4.69) is 17.9 Å². The Bertz CT molecular complexity index is 356. The summed E-state index contributed by atoms with van der Waals surface area (Å²) in [4.78, 5) is 20.9. The minimum atomic E-state index is -2.52. The predicted octanol–water partition coefficient (Wildman–Crippen LogP) is 1.72. The van der Waals surface area contributed by atoms with Crippen LogP contribution in [0.15, 0.2) is 24.8 Å². The maximum atomic E-state index is 10.7. The Hall–Kier alpha value is -1.48. The highest BCUT2D eigenvalue weighted by Crippen LogP contribution is 2.14. The summed E-state index contributed by atoms with van der Waals surface area (Å²) < 4.78 is 24.7. The number of carbonyl (C=O) groups excluding carboxylic acids is 2. The molecule has 0 aromatic heterocycles. The molecule has 0 fully saturated rings. The molecule has 0 aromatic rings. The summed E-state index contributed by atoms with van der Waals surface area (Å²) in [5.74, 6) is -0.769. The highest BCUT2D eigenvalue weighted by molar-refractivity contribution is 6.60. The number of esters is 2. The number of carbonyl (C=O) groups is 2. The van der Waals surface area contributed by atoms with Crippen molar-refractivity contribution in [3.63, 3.8) is 0 Å². The fourth-order valence-electron chi connectivity index (χ4n) is 1.25. The Morgan fingerprint density at radius 1 is 1.09 bits per heavy atom. The van der Waals surface area contributed by atoms with Crippen LogP contribution in [0, 0.1) is 0 Å². The highest BCUT2D eigenvalue weighted by atomic mass is 28.4. The zero-order chi connectivity index (χ0) is 17.6. The zero-order valence-electron chi connectivity index (χ0n) is 14.0. The molecule has 0 saturated carbocycles. The Kier molecular flexibility index (Phi) is 13.7. The summed E-state index contributed by atoms with van der Waals surface area (Å²) in [6.45, 7) is 8.57. The monoisotopic (exact) mass is 334 g/mol. The predicted molar refractivity (Wildman–Crippen MR) is 84.2 cm³/mol. The molecule has 0 N–H and O–H groups in total. The van der Waals surface area contributed by atoms with E-state index in [1.165, 1.54) is 7.11 Å². The minimum absolute atomic E-state index is 0.315. The first kappa shape index (κ1) is 22.8. The largest absolute Gasteiger partial charge is 0.500 e. The van der Waals surface area contributed by atoms with Gasteiger partial charge in [0.1, 0.15) is 0 Å². The molecule has 0 atom stereocenters. The van der Waals surface area contributed by atoms with Crippen molar-refractivity contribution in [2.45, 2.75) is 19.4 Å². The molecule has 0 aliphatic heterocycles. The first-order valence-corrected chi connectivity index (χ1v) is 8.44. The molecule has 0 aliphatic rings. The van der Waals surface area contributed by atoms with Crippen LogP contribution in [0.2, 0.25) is 6.04 Å². The van der Waals surface area contributed by atoms with Crippen molar-refractivity contribution in [3.05, 3.63) is 24.8 Å². The molecule has 0 spiro atoms. The van der Waals surface area contributed by atoms with Gasteiger partial charge in [0.05, 0.1) is 13.7 Å². The molecule has 0 aliphatic carbocycles. The SMILES string of the molecule is C=C(C)C(=O)OC.C=CC(=O)OCCC[Si](OC)(OC)OC. The maximum absolute atomic E-state index is 10.7. The van der Waals surface area contributed by atoms with Gasteiger partial charge in [0.25, 0.3) is 0 Å². The minimum Gasteiger partial charge on any atom is -0.466 e. The number of hydrogen-bond acceptors (Lipinski definition) is 7. The standard InChI is InChI=1S/C9H18O5Si.C5H8O2/c1-5-9(10)14-7-6-8-15(11-2,12-3)13-4;1-4(2)5(6)7-3/h5H,1,6-8H2,2-4H3;1H2,2-3H3. The van der Waals surface area contributed by atoms with E-state index in [9.17, 15) is 9.59 Å². The second-order valence-corrected chi connectivity index (χ2v) is 7.13. The van der Waals surface area contributed by atoms with Gasteiger partial charge in [-0.3, -0.25) is 0 Å². The van der Waals surface area contributed by atoms with Crippen LogP contribution in [-0.2, 0) is 32.3 Å². The Morgan fingerprint density at radius 2 is 1.59 bits per heavy atom. The van der Waals surface area contributed by atoms with Crippen molar-refractivity contribution in [3.8, 4) is 0 Å². The molecule has 22 heavy (non-hydrogen) atoms. The van der Waals surface area contributed by atoms with Crippen molar-refractivity contribution in [2.24, 2.45) is 0 Å². The summed E-state index contributed by atoms with van der Waals surface area (Å²) in [5, 5.41) is 0. The fraction of sp³-hybridized carbons (Fsp3) is 0.571. The molecule has 0 unspecified atom stereocenters. The lowest BCUT2D eigenvalue weighted by Crippen LogP contribution is -2.42. The van der Waals surface area contributed by atoms with Crippen LogP contribution < -0.4 is 0 Å². The third kappa shape index (κ3) is 10.3. The van der Waals surface area contributed by atoms with E-state index in [1.54, 1.807) is 28.3 Å². The van der Waals surface area contributed by atoms with Gasteiger partial charge in [-0.1, -0.05) is 13.2 Å². The van der Waals surface area contributed by atoms with Gasteiger partial charge >= 0.3 is 20.7 Å². The topological polar surface area (TPSA) is 80.3 Å². The van der Waals surface area contributed by atoms with E-state index in [0.29, 0.717) is 24.6 Å². The van der Waals surface area contributed by atoms with Crippen molar-refractivity contribution >= 4 is 20.7 Å². The average Bonchev–Trinajstić information content (AvgIpc) is 2.55. The summed E-state index contributed by atoms with van der Waals surface area (Å²) in [6.07, 6.45) is 1.77. The average molecular weight is 334 g/mol. The van der Waals surface area contributed by atoms with Gasteiger partial charge < -0.3 is 22.8 Å². The van der Waals surface area contributed by atoms with Crippen LogP contribution in [0.4, 0.5) is 0 Å². The van der Waals surface area contributed by atoms with Crippen LogP contribution in [0.3, 0.4) is 0 Å². The van der Waals surface area contributed by atoms with Gasteiger partial charge in [-0.25, -0.2) is 9.59 Å². The van der Waals surface area contributed by atoms with Crippen molar-refractivity contribution in [1.82, 2.24) is 0 Å². The summed E-state index contributed by atoms with van der Waals surface area (Å²) in [7, 11) is 3.47. The Labute approximate surface area is 133 Å². The third-order valence-corrected chi connectivity index (χ3v) is 5.34. The molecule has 128 valence electrons. The van der Waals surface area contributed by atoms with Gasteiger partial charge in [0.2, 0.25) is 0 Å². The number of hydrogen-bond donors (Lipinski definition) is 0. The summed E-state index contributed by atoms with van der Waals surface area (Å²) in [6, 6.07) is 0.612. The zero-order valence-corrected chi connectivity index (χ0v) is 15.0. The van der Waals surface area contributed by atoms with Gasteiger partial charge in [-0.05, 0) is 13.3 Å². The summed E-state index contributed by atoms with van der Waals surface area (Å²) >= 11 is 0. The molecule has 0 rings (SSSR count). The van der Waals surface area contributed by atoms with Crippen LogP contribution in [-0.4, -0.2) is 55.8 Å². The molecule has 0 heterocycles. The molecule has 0 bridgehead atoms. The molecule has 7 nitrogen and oxygen atoms in total. The maximum Gasteiger partial charge on any atom is 0.500 e. The molecular weight excluding hydrogens is 308 g/mol. The van der Waals surface area contributed by atoms with E-state index in [-0.39, 0.29) is 5.97 Å². The molecular formula is C14H26O7Si. The van der Waals surface area contributed by atoms with E-state index < -0.39 is 14.8 Å². The van der Waals surface area contributed by atoms with Crippen molar-refractivity contribution in [1.29, 1.82) is 0 Å². The Balaban J connectivity index is 0. The van der Waals surface area contributed by atoms with Crippen LogP contribution in [0.5, 0.6) is 0 Å². The smallest absolute Gasteiger partial charge is 0.466 e. The number of rotatable bonds is 9. The lowest BCUT2D eigenvalue weighted by molar-refractivity contribution is -0.138. The summed E-state index contributed by atoms with van der Waals surface area (Å²) in [5.41, 5.74) is 0.433. The van der Waals surface area contributed by atoms with E-state index >= 15 is 0 Å². The second-order valence-electron chi connectivity index (χ2n) is 4.04. The third-order valence-electron chi connectivity index (χ3n) is 2.51. The van der Waals surface area contributed by atoms with E-state index in [1.807, 2.05) is 0 Å². The Morgan fingerprint density at radius 3 is 1.86 bits per heavy atom. The van der Waals surface area contributed by atoms with Crippen LogP contribution >= 0.6 is 0 Å². The molecule has 0 aromatic carbocycles. The van der Waals surface area contributed by atoms with Gasteiger partial charge in [-0.2, -0.15) is 0 Å². The van der Waals surface area contributed by atoms with Crippen LogP contribution in [0.25, 0.3) is 0 Å².